The van der Waals surface area contributed by atoms with Gasteiger partial charge in [0.2, 0.25) is 0 Å². The van der Waals surface area contributed by atoms with Crippen LogP contribution < -0.4 is 0 Å². The van der Waals surface area contributed by atoms with Gasteiger partial charge in [0.15, 0.2) is 6.29 Å². The summed E-state index contributed by atoms with van der Waals surface area (Å²) in [6, 6.07) is 0. The first-order valence-electron chi connectivity index (χ1n) is 4.34. The monoisotopic (exact) mass is 204 g/mol. The van der Waals surface area contributed by atoms with Crippen LogP contribution in [0.3, 0.4) is 0 Å². The summed E-state index contributed by atoms with van der Waals surface area (Å²) in [4.78, 5) is 0. The van der Waals surface area contributed by atoms with Gasteiger partial charge in [0, 0.05) is 7.11 Å². The zero-order valence-electron chi connectivity index (χ0n) is 8.25. The van der Waals surface area contributed by atoms with Crippen LogP contribution >= 0.6 is 0 Å². The lowest BCUT2D eigenvalue weighted by atomic mass is 9.88. The standard InChI is InChI=1S/C9H16O5/c1-4-9(2)7(13-3)5(10)6(11)8(12)14-9/h4-8,10-12H,1H2,2-3H3. The molecule has 0 spiro atoms. The van der Waals surface area contributed by atoms with E-state index in [1.165, 1.54) is 13.2 Å². The zero-order valence-corrected chi connectivity index (χ0v) is 8.25. The van der Waals surface area contributed by atoms with E-state index in [9.17, 15) is 15.3 Å². The third-order valence-electron chi connectivity index (χ3n) is 2.55. The van der Waals surface area contributed by atoms with Gasteiger partial charge in [-0.15, -0.1) is 6.58 Å². The minimum atomic E-state index is -1.43. The minimum Gasteiger partial charge on any atom is -0.387 e. The number of rotatable bonds is 2. The number of hydrogen-bond acceptors (Lipinski definition) is 5. The summed E-state index contributed by atoms with van der Waals surface area (Å²) in [6.07, 6.45) is -3.32. The maximum atomic E-state index is 9.61. The summed E-state index contributed by atoms with van der Waals surface area (Å²) in [5.41, 5.74) is -1.01. The van der Waals surface area contributed by atoms with Gasteiger partial charge in [0.05, 0.1) is 0 Å². The van der Waals surface area contributed by atoms with Crippen LogP contribution in [0.15, 0.2) is 12.7 Å². The first-order valence-corrected chi connectivity index (χ1v) is 4.34. The molecule has 5 unspecified atom stereocenters. The van der Waals surface area contributed by atoms with E-state index in [4.69, 9.17) is 9.47 Å². The molecule has 1 rings (SSSR count). The molecule has 0 aromatic carbocycles. The first kappa shape index (κ1) is 11.6. The van der Waals surface area contributed by atoms with Crippen LogP contribution in [0.5, 0.6) is 0 Å². The molecule has 0 radical (unpaired) electrons. The molecular formula is C9H16O5. The van der Waals surface area contributed by atoms with Gasteiger partial charge in [-0.1, -0.05) is 6.08 Å². The van der Waals surface area contributed by atoms with Crippen LogP contribution in [-0.2, 0) is 9.47 Å². The van der Waals surface area contributed by atoms with Crippen LogP contribution in [0.2, 0.25) is 0 Å². The highest BCUT2D eigenvalue weighted by Gasteiger charge is 2.49. The summed E-state index contributed by atoms with van der Waals surface area (Å²) < 4.78 is 10.1. The first-order chi connectivity index (χ1) is 6.46. The molecule has 0 aliphatic carbocycles. The second-order valence-electron chi connectivity index (χ2n) is 3.53. The van der Waals surface area contributed by atoms with Crippen molar-refractivity contribution in [2.75, 3.05) is 7.11 Å². The fourth-order valence-corrected chi connectivity index (χ4v) is 1.62. The van der Waals surface area contributed by atoms with Crippen molar-refractivity contribution in [3.05, 3.63) is 12.7 Å². The van der Waals surface area contributed by atoms with Crippen molar-refractivity contribution in [2.45, 2.75) is 37.1 Å². The summed E-state index contributed by atoms with van der Waals surface area (Å²) in [5.74, 6) is 0. The third kappa shape index (κ3) is 1.69. The zero-order chi connectivity index (χ0) is 10.9. The van der Waals surface area contributed by atoms with Gasteiger partial charge in [-0.25, -0.2) is 0 Å². The predicted molar refractivity (Wildman–Crippen MR) is 48.5 cm³/mol. The van der Waals surface area contributed by atoms with Crippen LogP contribution in [0, 0.1) is 0 Å². The maximum absolute atomic E-state index is 9.61. The Morgan fingerprint density at radius 3 is 2.36 bits per heavy atom. The van der Waals surface area contributed by atoms with Gasteiger partial charge < -0.3 is 24.8 Å². The molecule has 5 atom stereocenters. The summed E-state index contributed by atoms with van der Waals surface area (Å²) in [5, 5.41) is 28.2. The molecule has 0 aromatic heterocycles. The van der Waals surface area contributed by atoms with Gasteiger partial charge in [0.1, 0.15) is 23.9 Å². The van der Waals surface area contributed by atoms with E-state index in [1.807, 2.05) is 0 Å². The van der Waals surface area contributed by atoms with E-state index in [1.54, 1.807) is 6.92 Å². The topological polar surface area (TPSA) is 79.2 Å². The highest BCUT2D eigenvalue weighted by atomic mass is 16.7. The Labute approximate surface area is 82.6 Å². The van der Waals surface area contributed by atoms with E-state index < -0.39 is 30.2 Å². The van der Waals surface area contributed by atoms with Gasteiger partial charge in [0.25, 0.3) is 0 Å². The average molecular weight is 204 g/mol. The van der Waals surface area contributed by atoms with Crippen molar-refractivity contribution in [1.82, 2.24) is 0 Å². The quantitative estimate of drug-likeness (QED) is 0.504. The van der Waals surface area contributed by atoms with E-state index in [0.717, 1.165) is 0 Å². The molecule has 0 amide bonds. The molecule has 82 valence electrons. The number of ether oxygens (including phenoxy) is 2. The molecule has 1 aliphatic rings. The van der Waals surface area contributed by atoms with Gasteiger partial charge in [-0.3, -0.25) is 0 Å². The second-order valence-corrected chi connectivity index (χ2v) is 3.53. The van der Waals surface area contributed by atoms with Crippen molar-refractivity contribution in [3.63, 3.8) is 0 Å². The average Bonchev–Trinajstić information content (AvgIpc) is 2.15. The molecule has 5 nitrogen and oxygen atoms in total. The third-order valence-corrected chi connectivity index (χ3v) is 2.55. The Balaban J connectivity index is 2.93. The van der Waals surface area contributed by atoms with Crippen LogP contribution in [0.25, 0.3) is 0 Å². The molecule has 3 N–H and O–H groups in total. The van der Waals surface area contributed by atoms with Gasteiger partial charge in [-0.05, 0) is 6.92 Å². The molecule has 1 aliphatic heterocycles. The van der Waals surface area contributed by atoms with Crippen LogP contribution in [0.1, 0.15) is 6.92 Å². The Kier molecular flexibility index (Phi) is 3.28. The predicted octanol–water partition coefficient (Wildman–Crippen LogP) is -0.984. The lowest BCUT2D eigenvalue weighted by molar-refractivity contribution is -0.305. The summed E-state index contributed by atoms with van der Waals surface area (Å²) in [6.45, 7) is 5.16. The molecule has 5 heteroatoms. The number of methoxy groups -OCH3 is 1. The fourth-order valence-electron chi connectivity index (χ4n) is 1.62. The molecule has 1 saturated heterocycles. The van der Waals surface area contributed by atoms with E-state index in [2.05, 4.69) is 6.58 Å². The van der Waals surface area contributed by atoms with Crippen molar-refractivity contribution in [2.24, 2.45) is 0 Å². The molecule has 0 aromatic rings. The Morgan fingerprint density at radius 2 is 1.93 bits per heavy atom. The lowest BCUT2D eigenvalue weighted by Crippen LogP contribution is -2.62. The van der Waals surface area contributed by atoms with Gasteiger partial charge >= 0.3 is 0 Å². The largest absolute Gasteiger partial charge is 0.387 e. The minimum absolute atomic E-state index is 0.751. The highest BCUT2D eigenvalue weighted by molar-refractivity contribution is 5.07. The molecule has 1 heterocycles. The Hall–Kier alpha value is -0.460. The van der Waals surface area contributed by atoms with Crippen molar-refractivity contribution in [3.8, 4) is 0 Å². The lowest BCUT2D eigenvalue weighted by Gasteiger charge is -2.45. The molecule has 0 saturated carbocycles. The number of aliphatic hydroxyl groups is 3. The smallest absolute Gasteiger partial charge is 0.184 e. The Morgan fingerprint density at radius 1 is 1.36 bits per heavy atom. The van der Waals surface area contributed by atoms with Crippen LogP contribution in [-0.4, -0.2) is 52.6 Å². The van der Waals surface area contributed by atoms with Crippen molar-refractivity contribution in [1.29, 1.82) is 0 Å². The summed E-state index contributed by atoms with van der Waals surface area (Å²) in [7, 11) is 1.39. The highest BCUT2D eigenvalue weighted by Crippen LogP contribution is 2.31. The Bertz CT molecular complexity index is 219. The SMILES string of the molecule is C=CC1(C)OC(O)C(O)C(O)C1OC. The van der Waals surface area contributed by atoms with E-state index >= 15 is 0 Å². The molecular weight excluding hydrogens is 188 g/mol. The normalized spacial score (nSPS) is 48.9. The van der Waals surface area contributed by atoms with E-state index in [-0.39, 0.29) is 0 Å². The molecule has 0 bridgehead atoms. The summed E-state index contributed by atoms with van der Waals surface area (Å²) >= 11 is 0. The van der Waals surface area contributed by atoms with E-state index in [0.29, 0.717) is 0 Å². The van der Waals surface area contributed by atoms with Crippen LogP contribution in [0.4, 0.5) is 0 Å². The second kappa shape index (κ2) is 3.96. The number of aliphatic hydroxyl groups excluding tert-OH is 3. The van der Waals surface area contributed by atoms with Crippen molar-refractivity contribution < 1.29 is 24.8 Å². The van der Waals surface area contributed by atoms with Crippen molar-refractivity contribution >= 4 is 0 Å². The molecule has 14 heavy (non-hydrogen) atoms. The molecule has 1 fully saturated rings. The number of hydrogen-bond donors (Lipinski definition) is 3. The van der Waals surface area contributed by atoms with Gasteiger partial charge in [-0.2, -0.15) is 0 Å². The fraction of sp³-hybridized carbons (Fsp3) is 0.778. The maximum Gasteiger partial charge on any atom is 0.184 e.